The summed E-state index contributed by atoms with van der Waals surface area (Å²) >= 11 is 0. The number of ether oxygens (including phenoxy) is 1. The maximum atomic E-state index is 11.5. The summed E-state index contributed by atoms with van der Waals surface area (Å²) in [7, 11) is 0. The zero-order valence-electron chi connectivity index (χ0n) is 10.3. The van der Waals surface area contributed by atoms with Crippen molar-refractivity contribution in [3.8, 4) is 5.75 Å². The maximum Gasteiger partial charge on any atom is 0.224 e. The minimum Gasteiger partial charge on any atom is -0.494 e. The number of carbonyl (C=O) groups is 1. The van der Waals surface area contributed by atoms with Crippen LogP contribution < -0.4 is 10.1 Å². The highest BCUT2D eigenvalue weighted by atomic mass is 16.5. The summed E-state index contributed by atoms with van der Waals surface area (Å²) < 4.78 is 5.31. The predicted octanol–water partition coefficient (Wildman–Crippen LogP) is 1.12. The van der Waals surface area contributed by atoms with Crippen LogP contribution in [-0.4, -0.2) is 30.3 Å². The van der Waals surface area contributed by atoms with Gasteiger partial charge in [0, 0.05) is 6.04 Å². The van der Waals surface area contributed by atoms with Crippen molar-refractivity contribution in [3.05, 3.63) is 29.8 Å². The number of benzene rings is 1. The van der Waals surface area contributed by atoms with Crippen LogP contribution in [0.2, 0.25) is 0 Å². The molecule has 0 bridgehead atoms. The molecule has 17 heavy (non-hydrogen) atoms. The van der Waals surface area contributed by atoms with Gasteiger partial charge in [-0.2, -0.15) is 0 Å². The first-order chi connectivity index (χ1) is 8.15. The number of hydrogen-bond acceptors (Lipinski definition) is 3. The monoisotopic (exact) mass is 237 g/mol. The SMILES string of the molecule is CCOc1ccc(CC(=O)N[C@H](C)CO)cc1. The highest BCUT2D eigenvalue weighted by molar-refractivity contribution is 5.78. The fourth-order valence-electron chi connectivity index (χ4n) is 1.43. The maximum absolute atomic E-state index is 11.5. The van der Waals surface area contributed by atoms with E-state index >= 15 is 0 Å². The Balaban J connectivity index is 2.48. The van der Waals surface area contributed by atoms with Crippen molar-refractivity contribution >= 4 is 5.91 Å². The van der Waals surface area contributed by atoms with Gasteiger partial charge in [-0.1, -0.05) is 12.1 Å². The summed E-state index contributed by atoms with van der Waals surface area (Å²) in [6.07, 6.45) is 0.316. The lowest BCUT2D eigenvalue weighted by atomic mass is 10.1. The van der Waals surface area contributed by atoms with Crippen molar-refractivity contribution in [2.24, 2.45) is 0 Å². The Morgan fingerprint density at radius 2 is 2.06 bits per heavy atom. The molecule has 94 valence electrons. The molecule has 1 aromatic rings. The number of rotatable bonds is 6. The third-order valence-electron chi connectivity index (χ3n) is 2.28. The number of hydrogen-bond donors (Lipinski definition) is 2. The van der Waals surface area contributed by atoms with Gasteiger partial charge < -0.3 is 15.2 Å². The molecule has 1 rings (SSSR count). The number of aliphatic hydroxyl groups is 1. The van der Waals surface area contributed by atoms with Crippen molar-refractivity contribution in [1.82, 2.24) is 5.32 Å². The molecule has 0 aromatic heterocycles. The van der Waals surface area contributed by atoms with Crippen LogP contribution in [0, 0.1) is 0 Å². The molecule has 0 aliphatic heterocycles. The molecule has 0 aliphatic rings. The van der Waals surface area contributed by atoms with Crippen LogP contribution in [0.25, 0.3) is 0 Å². The van der Waals surface area contributed by atoms with Crippen LogP contribution >= 0.6 is 0 Å². The third-order valence-corrected chi connectivity index (χ3v) is 2.28. The molecule has 0 saturated carbocycles. The lowest BCUT2D eigenvalue weighted by Gasteiger charge is -2.10. The predicted molar refractivity (Wildman–Crippen MR) is 66.0 cm³/mol. The molecule has 1 atom stereocenters. The molecule has 0 unspecified atom stereocenters. The van der Waals surface area contributed by atoms with Gasteiger partial charge >= 0.3 is 0 Å². The van der Waals surface area contributed by atoms with Crippen LogP contribution in [0.5, 0.6) is 5.75 Å². The smallest absolute Gasteiger partial charge is 0.224 e. The number of aliphatic hydroxyl groups excluding tert-OH is 1. The van der Waals surface area contributed by atoms with E-state index in [4.69, 9.17) is 9.84 Å². The Morgan fingerprint density at radius 1 is 1.41 bits per heavy atom. The normalized spacial score (nSPS) is 11.9. The second kappa shape index (κ2) is 6.91. The fourth-order valence-corrected chi connectivity index (χ4v) is 1.43. The van der Waals surface area contributed by atoms with E-state index in [0.717, 1.165) is 11.3 Å². The number of amides is 1. The van der Waals surface area contributed by atoms with Gasteiger partial charge in [0.1, 0.15) is 5.75 Å². The van der Waals surface area contributed by atoms with Crippen molar-refractivity contribution in [2.45, 2.75) is 26.3 Å². The lowest BCUT2D eigenvalue weighted by Crippen LogP contribution is -2.35. The first-order valence-electron chi connectivity index (χ1n) is 5.77. The highest BCUT2D eigenvalue weighted by Crippen LogP contribution is 2.12. The summed E-state index contributed by atoms with van der Waals surface area (Å²) in [4.78, 5) is 11.5. The molecule has 0 spiro atoms. The summed E-state index contributed by atoms with van der Waals surface area (Å²) in [6.45, 7) is 4.27. The third kappa shape index (κ3) is 4.87. The molecule has 0 saturated heterocycles. The first kappa shape index (κ1) is 13.5. The van der Waals surface area contributed by atoms with Gasteiger partial charge in [-0.25, -0.2) is 0 Å². The van der Waals surface area contributed by atoms with Gasteiger partial charge in [-0.15, -0.1) is 0 Å². The Bertz CT molecular complexity index is 348. The average Bonchev–Trinajstić information content (AvgIpc) is 2.31. The molecule has 4 heteroatoms. The van der Waals surface area contributed by atoms with Gasteiger partial charge in [0.15, 0.2) is 0 Å². The van der Waals surface area contributed by atoms with E-state index in [2.05, 4.69) is 5.32 Å². The number of nitrogens with one attached hydrogen (secondary N) is 1. The van der Waals surface area contributed by atoms with Crippen LogP contribution in [0.3, 0.4) is 0 Å². The average molecular weight is 237 g/mol. The molecule has 2 N–H and O–H groups in total. The Hall–Kier alpha value is -1.55. The van der Waals surface area contributed by atoms with Crippen molar-refractivity contribution < 1.29 is 14.6 Å². The molecular weight excluding hydrogens is 218 g/mol. The van der Waals surface area contributed by atoms with Crippen LogP contribution in [0.4, 0.5) is 0 Å². The zero-order chi connectivity index (χ0) is 12.7. The standard InChI is InChI=1S/C13H19NO3/c1-3-17-12-6-4-11(5-7-12)8-13(16)14-10(2)9-15/h4-7,10,15H,3,8-9H2,1-2H3,(H,14,16)/t10-/m1/s1. The quantitative estimate of drug-likeness (QED) is 0.779. The highest BCUT2D eigenvalue weighted by Gasteiger charge is 2.07. The molecular formula is C13H19NO3. The van der Waals surface area contributed by atoms with Crippen LogP contribution in [-0.2, 0) is 11.2 Å². The van der Waals surface area contributed by atoms with E-state index in [1.807, 2.05) is 31.2 Å². The molecule has 0 fully saturated rings. The van der Waals surface area contributed by atoms with E-state index in [1.54, 1.807) is 6.92 Å². The van der Waals surface area contributed by atoms with E-state index in [-0.39, 0.29) is 18.6 Å². The van der Waals surface area contributed by atoms with Crippen LogP contribution in [0.15, 0.2) is 24.3 Å². The van der Waals surface area contributed by atoms with E-state index < -0.39 is 0 Å². The van der Waals surface area contributed by atoms with Gasteiger partial charge in [0.2, 0.25) is 5.91 Å². The lowest BCUT2D eigenvalue weighted by molar-refractivity contribution is -0.121. The number of carbonyl (C=O) groups excluding carboxylic acids is 1. The van der Waals surface area contributed by atoms with Gasteiger partial charge in [0.05, 0.1) is 19.6 Å². The molecule has 1 amide bonds. The first-order valence-corrected chi connectivity index (χ1v) is 5.77. The topological polar surface area (TPSA) is 58.6 Å². The molecule has 0 aliphatic carbocycles. The molecule has 0 heterocycles. The molecule has 4 nitrogen and oxygen atoms in total. The Morgan fingerprint density at radius 3 is 2.59 bits per heavy atom. The second-order valence-electron chi connectivity index (χ2n) is 3.90. The Kier molecular flexibility index (Phi) is 5.49. The van der Waals surface area contributed by atoms with Crippen molar-refractivity contribution in [1.29, 1.82) is 0 Å². The summed E-state index contributed by atoms with van der Waals surface area (Å²) in [5.41, 5.74) is 0.927. The zero-order valence-corrected chi connectivity index (χ0v) is 10.3. The summed E-state index contributed by atoms with van der Waals surface area (Å²) in [5, 5.41) is 11.5. The molecule has 1 aromatic carbocycles. The largest absolute Gasteiger partial charge is 0.494 e. The molecule has 0 radical (unpaired) electrons. The van der Waals surface area contributed by atoms with E-state index in [1.165, 1.54) is 0 Å². The van der Waals surface area contributed by atoms with Gasteiger partial charge in [0.25, 0.3) is 0 Å². The summed E-state index contributed by atoms with van der Waals surface area (Å²) in [5.74, 6) is 0.719. The second-order valence-corrected chi connectivity index (χ2v) is 3.90. The Labute approximate surface area is 102 Å². The fraction of sp³-hybridized carbons (Fsp3) is 0.462. The van der Waals surface area contributed by atoms with E-state index in [0.29, 0.717) is 13.0 Å². The van der Waals surface area contributed by atoms with Crippen molar-refractivity contribution in [3.63, 3.8) is 0 Å². The van der Waals surface area contributed by atoms with Crippen molar-refractivity contribution in [2.75, 3.05) is 13.2 Å². The van der Waals surface area contributed by atoms with E-state index in [9.17, 15) is 4.79 Å². The van der Waals surface area contributed by atoms with Gasteiger partial charge in [-0.3, -0.25) is 4.79 Å². The minimum absolute atomic E-state index is 0.0466. The minimum atomic E-state index is -0.204. The summed E-state index contributed by atoms with van der Waals surface area (Å²) in [6, 6.07) is 7.23. The van der Waals surface area contributed by atoms with Gasteiger partial charge in [-0.05, 0) is 31.5 Å². The van der Waals surface area contributed by atoms with Crippen LogP contribution in [0.1, 0.15) is 19.4 Å².